The van der Waals surface area contributed by atoms with E-state index >= 15 is 0 Å². The number of carbonyl (C=O) groups is 9. The lowest BCUT2D eigenvalue weighted by atomic mass is 10.0. The molecular formula is C50H71N15O12S2. The smallest absolute Gasteiger partial charge is 0.326 e. The topological polar surface area (TPSA) is 448 Å². The number of rotatable bonds is 30. The van der Waals surface area contributed by atoms with E-state index in [0.717, 1.165) is 0 Å². The van der Waals surface area contributed by atoms with Crippen molar-refractivity contribution in [3.05, 3.63) is 80.7 Å². The number of aliphatic hydroxyl groups excluding tert-OH is 2. The van der Waals surface area contributed by atoms with Crippen LogP contribution in [-0.4, -0.2) is 184 Å². The number of aliphatic carboxylic acids is 1. The second-order valence-corrected chi connectivity index (χ2v) is 21.0. The van der Waals surface area contributed by atoms with Crippen LogP contribution in [0.2, 0.25) is 0 Å². The van der Waals surface area contributed by atoms with Gasteiger partial charge in [-0.2, -0.15) is 0 Å². The van der Waals surface area contributed by atoms with Gasteiger partial charge in [0.15, 0.2) is 11.9 Å². The average molecular weight is 1140 g/mol. The summed E-state index contributed by atoms with van der Waals surface area (Å²) in [6.45, 7) is -1.25. The number of likely N-dealkylation sites (tertiary alicyclic amines) is 2. The number of nitrogens with two attached hydrogens (primary N) is 5. The van der Waals surface area contributed by atoms with E-state index < -0.39 is 121 Å². The highest BCUT2D eigenvalue weighted by Crippen LogP contribution is 2.26. The SMILES string of the molecule is NC(N)=NCCC[C@H](NC(=O)[C@H](Cc1cccs1)NC(=O)[C@@H](Cc1ccccc1)NC(=O)[C@H](CO)NC(=O)[C@H](Cc1cccs1)NC(=O)CNC(=O)[C@@H]1C[C@@H](O)CN1C(=O)[C@@H]1CCCN1C(=O)[C@@H](N)CCCN=C(N)N)C(=O)O. The molecule has 2 aliphatic heterocycles. The van der Waals surface area contributed by atoms with Crippen LogP contribution in [0.5, 0.6) is 0 Å². The molecule has 0 unspecified atom stereocenters. The number of β-amino-alcohol motifs (C(OH)–C–C–N with tert-alkyl or cyclic N) is 1. The number of amides is 8. The molecule has 9 atom stereocenters. The fraction of sp³-hybridized carbons (Fsp3) is 0.500. The number of carboxylic acids is 1. The van der Waals surface area contributed by atoms with Gasteiger partial charge in [-0.3, -0.25) is 48.3 Å². The number of hydrogen-bond donors (Lipinski definition) is 14. The quantitative estimate of drug-likeness (QED) is 0.0171. The Kier molecular flexibility index (Phi) is 24.4. The molecule has 29 heteroatoms. The maximum Gasteiger partial charge on any atom is 0.326 e. The second-order valence-electron chi connectivity index (χ2n) is 18.9. The number of carbonyl (C=O) groups excluding carboxylic acids is 8. The van der Waals surface area contributed by atoms with Crippen molar-refractivity contribution in [1.29, 1.82) is 0 Å². The zero-order valence-corrected chi connectivity index (χ0v) is 45.0. The number of aliphatic hydroxyl groups is 2. The van der Waals surface area contributed by atoms with Crippen molar-refractivity contribution in [3.8, 4) is 0 Å². The number of carboxylic acid groups (broad SMARTS) is 1. The molecule has 1 aromatic carbocycles. The summed E-state index contributed by atoms with van der Waals surface area (Å²) in [5, 5.41) is 49.7. The number of guanidine groups is 2. The summed E-state index contributed by atoms with van der Waals surface area (Å²) in [5.41, 5.74) is 28.3. The number of nitrogens with zero attached hydrogens (tertiary/aromatic N) is 4. The van der Waals surface area contributed by atoms with Crippen LogP contribution in [0.25, 0.3) is 0 Å². The van der Waals surface area contributed by atoms with Crippen molar-refractivity contribution >= 4 is 87.8 Å². The number of hydrogen-bond acceptors (Lipinski definition) is 16. The molecule has 8 amide bonds. The lowest BCUT2D eigenvalue weighted by molar-refractivity contribution is -0.147. The molecule has 0 bridgehead atoms. The highest BCUT2D eigenvalue weighted by Gasteiger charge is 2.45. The zero-order chi connectivity index (χ0) is 57.6. The van der Waals surface area contributed by atoms with Crippen molar-refractivity contribution in [2.45, 2.75) is 119 Å². The van der Waals surface area contributed by atoms with E-state index in [1.165, 1.54) is 32.5 Å². The van der Waals surface area contributed by atoms with Gasteiger partial charge in [0.2, 0.25) is 47.3 Å². The van der Waals surface area contributed by atoms with Crippen LogP contribution in [0.15, 0.2) is 75.3 Å². The Balaban J connectivity index is 1.24. The largest absolute Gasteiger partial charge is 0.480 e. The summed E-state index contributed by atoms with van der Waals surface area (Å²) in [7, 11) is 0. The van der Waals surface area contributed by atoms with Crippen LogP contribution < -0.4 is 60.6 Å². The van der Waals surface area contributed by atoms with Gasteiger partial charge in [0.25, 0.3) is 0 Å². The predicted octanol–water partition coefficient (Wildman–Crippen LogP) is -4.16. The van der Waals surface area contributed by atoms with Gasteiger partial charge >= 0.3 is 5.97 Å². The maximum absolute atomic E-state index is 14.3. The van der Waals surface area contributed by atoms with E-state index in [0.29, 0.717) is 34.6 Å². The Hall–Kier alpha value is -7.73. The molecule has 0 spiro atoms. The molecular weight excluding hydrogens is 1070 g/mol. The minimum Gasteiger partial charge on any atom is -0.480 e. The molecule has 2 aromatic heterocycles. The van der Waals surface area contributed by atoms with E-state index in [-0.39, 0.29) is 83.0 Å². The second kappa shape index (κ2) is 31.0. The molecule has 2 aliphatic rings. The molecule has 79 heavy (non-hydrogen) atoms. The first-order chi connectivity index (χ1) is 37.7. The number of aliphatic imine (C=N–C) groups is 2. The molecule has 5 rings (SSSR count). The van der Waals surface area contributed by atoms with Gasteiger partial charge in [0, 0.05) is 61.6 Å². The third-order valence-corrected chi connectivity index (χ3v) is 14.7. The summed E-state index contributed by atoms with van der Waals surface area (Å²) < 4.78 is 0. The van der Waals surface area contributed by atoms with Crippen LogP contribution in [0.3, 0.4) is 0 Å². The van der Waals surface area contributed by atoms with Gasteiger partial charge in [-0.15, -0.1) is 22.7 Å². The monoisotopic (exact) mass is 1140 g/mol. The highest BCUT2D eigenvalue weighted by molar-refractivity contribution is 7.10. The van der Waals surface area contributed by atoms with Crippen LogP contribution in [0.4, 0.5) is 0 Å². The van der Waals surface area contributed by atoms with Gasteiger partial charge in [-0.05, 0) is 67.0 Å². The van der Waals surface area contributed by atoms with E-state index in [9.17, 15) is 58.5 Å². The molecule has 27 nitrogen and oxygen atoms in total. The van der Waals surface area contributed by atoms with Crippen LogP contribution in [-0.2, 0) is 62.4 Å². The molecule has 4 heterocycles. The molecule has 430 valence electrons. The first-order valence-corrected chi connectivity index (χ1v) is 27.4. The Morgan fingerprint density at radius 1 is 0.658 bits per heavy atom. The van der Waals surface area contributed by atoms with Crippen molar-refractivity contribution in [1.82, 2.24) is 41.7 Å². The Labute approximate surface area is 463 Å². The minimum absolute atomic E-state index is 0.0455. The summed E-state index contributed by atoms with van der Waals surface area (Å²) in [4.78, 5) is 134. The third-order valence-electron chi connectivity index (χ3n) is 12.9. The van der Waals surface area contributed by atoms with Crippen molar-refractivity contribution in [2.75, 3.05) is 39.3 Å². The van der Waals surface area contributed by atoms with E-state index in [1.54, 1.807) is 65.4 Å². The fourth-order valence-corrected chi connectivity index (χ4v) is 10.5. The Morgan fingerprint density at radius 3 is 1.73 bits per heavy atom. The number of thiophene rings is 2. The predicted molar refractivity (Wildman–Crippen MR) is 292 cm³/mol. The van der Waals surface area contributed by atoms with Gasteiger partial charge in [0.05, 0.1) is 25.3 Å². The fourth-order valence-electron chi connectivity index (χ4n) is 8.95. The van der Waals surface area contributed by atoms with Crippen LogP contribution in [0.1, 0.15) is 60.3 Å². The van der Waals surface area contributed by atoms with Gasteiger partial charge < -0.3 is 85.7 Å². The summed E-state index contributed by atoms with van der Waals surface area (Å²) in [6.07, 6.45) is 0.0912. The molecule has 19 N–H and O–H groups in total. The summed E-state index contributed by atoms with van der Waals surface area (Å²) in [6, 6.07) is 5.06. The normalized spacial score (nSPS) is 18.1. The Morgan fingerprint density at radius 2 is 1.19 bits per heavy atom. The molecule has 2 fully saturated rings. The van der Waals surface area contributed by atoms with E-state index in [4.69, 9.17) is 28.7 Å². The summed E-state index contributed by atoms with van der Waals surface area (Å²) in [5.74, 6) is -7.90. The average Bonchev–Trinajstić information content (AvgIpc) is 4.35. The van der Waals surface area contributed by atoms with Gasteiger partial charge in [0.1, 0.15) is 42.3 Å². The van der Waals surface area contributed by atoms with Crippen molar-refractivity contribution in [2.24, 2.45) is 38.7 Å². The zero-order valence-electron chi connectivity index (χ0n) is 43.4. The number of nitrogens with one attached hydrogen (secondary N) is 6. The lowest BCUT2D eigenvalue weighted by Crippen LogP contribution is -2.60. The molecule has 0 aliphatic carbocycles. The van der Waals surface area contributed by atoms with E-state index in [2.05, 4.69) is 41.9 Å². The third kappa shape index (κ3) is 19.6. The highest BCUT2D eigenvalue weighted by atomic mass is 32.1. The van der Waals surface area contributed by atoms with E-state index in [1.807, 2.05) is 0 Å². The van der Waals surface area contributed by atoms with Gasteiger partial charge in [-0.25, -0.2) is 4.79 Å². The lowest BCUT2D eigenvalue weighted by Gasteiger charge is -2.32. The van der Waals surface area contributed by atoms with Crippen molar-refractivity contribution < 1.29 is 58.5 Å². The van der Waals surface area contributed by atoms with Crippen LogP contribution in [0, 0.1) is 0 Å². The maximum atomic E-state index is 14.3. The molecule has 0 saturated carbocycles. The number of benzene rings is 1. The Bertz CT molecular complexity index is 2600. The molecule has 2 saturated heterocycles. The first kappa shape index (κ1) is 62.1. The minimum atomic E-state index is -1.70. The van der Waals surface area contributed by atoms with Crippen LogP contribution >= 0.6 is 22.7 Å². The van der Waals surface area contributed by atoms with Gasteiger partial charge in [-0.1, -0.05) is 42.5 Å². The standard InChI is InChI=1S/C50H71N15O12S2/c51-32(13-4-16-56-49(52)53)46(74)64-18-6-15-38(64)47(75)65-26-29(67)22-39(65)45(73)58-25-40(68)59-35(23-30-11-7-19-78-30)42(70)63-37(27-66)44(72)61-34(21-28-9-2-1-3-10-28)41(69)62-36(24-31-12-8-20-79-31)43(71)60-33(48(76)77)14-5-17-57-50(54)55/h1-3,7-12,19-20,29,32-39,66-67H,4-6,13-18,21-27,51H2,(H,58,73)(H,59,68)(H,60,71)(H,61,72)(H,62,69)(H,63,70)(H,76,77)(H4,52,53,56)(H4,54,55,57)/t29-,32+,33+,34-,35+,36+,37+,38+,39+/m1/s1. The molecule has 0 radical (unpaired) electrons. The first-order valence-electron chi connectivity index (χ1n) is 25.6. The van der Waals surface area contributed by atoms with Crippen molar-refractivity contribution in [3.63, 3.8) is 0 Å². The molecule has 3 aromatic rings. The summed E-state index contributed by atoms with van der Waals surface area (Å²) >= 11 is 2.55.